The van der Waals surface area contributed by atoms with E-state index in [-0.39, 0.29) is 23.3 Å². The van der Waals surface area contributed by atoms with Crippen molar-refractivity contribution in [3.8, 4) is 11.8 Å². The predicted octanol–water partition coefficient (Wildman–Crippen LogP) is 3.00. The average molecular weight is 489 g/mol. The third-order valence-corrected chi connectivity index (χ3v) is 6.87. The third kappa shape index (κ3) is 4.60. The summed E-state index contributed by atoms with van der Waals surface area (Å²) in [5.74, 6) is -1.21. The molecule has 0 aliphatic carbocycles. The number of hydrogen-bond acceptors (Lipinski definition) is 8. The topological polar surface area (TPSA) is 102 Å². The number of benzene rings is 1. The summed E-state index contributed by atoms with van der Waals surface area (Å²) < 4.78 is 50.2. The van der Waals surface area contributed by atoms with E-state index >= 15 is 0 Å². The molecule has 1 aliphatic heterocycles. The number of methoxy groups -OCH3 is 2. The van der Waals surface area contributed by atoms with E-state index in [2.05, 4.69) is 14.9 Å². The van der Waals surface area contributed by atoms with E-state index in [0.29, 0.717) is 36.8 Å². The molecule has 180 valence electrons. The number of amides is 1. The van der Waals surface area contributed by atoms with E-state index in [9.17, 15) is 17.6 Å². The highest BCUT2D eigenvalue weighted by Crippen LogP contribution is 2.35. The van der Waals surface area contributed by atoms with Crippen LogP contribution in [0.3, 0.4) is 0 Å². The highest BCUT2D eigenvalue weighted by Gasteiger charge is 2.36. The van der Waals surface area contributed by atoms with Crippen LogP contribution in [-0.2, 0) is 14.8 Å². The van der Waals surface area contributed by atoms with Gasteiger partial charge in [0.05, 0.1) is 26.0 Å². The molecule has 0 spiro atoms. The van der Waals surface area contributed by atoms with E-state index in [1.165, 1.54) is 38.5 Å². The largest absolute Gasteiger partial charge is 0.481 e. The molecule has 9 nitrogen and oxygen atoms in total. The molecule has 1 aliphatic rings. The van der Waals surface area contributed by atoms with E-state index in [4.69, 9.17) is 9.47 Å². The molecule has 1 amide bonds. The number of aromatic nitrogens is 2. The summed E-state index contributed by atoms with van der Waals surface area (Å²) in [6.07, 6.45) is 3.49. The van der Waals surface area contributed by atoms with Crippen LogP contribution >= 0.6 is 0 Å². The maximum atomic E-state index is 13.8. The number of halogens is 1. The lowest BCUT2D eigenvalue weighted by Gasteiger charge is -2.35. The summed E-state index contributed by atoms with van der Waals surface area (Å²) in [5, 5.41) is 0.694. The van der Waals surface area contributed by atoms with Gasteiger partial charge in [-0.2, -0.15) is 4.98 Å². The van der Waals surface area contributed by atoms with Crippen LogP contribution in [0.4, 0.5) is 15.8 Å². The Morgan fingerprint density at radius 2 is 1.85 bits per heavy atom. The molecule has 34 heavy (non-hydrogen) atoms. The summed E-state index contributed by atoms with van der Waals surface area (Å²) in [7, 11) is -1.19. The molecule has 0 radical (unpaired) electrons. The number of carbonyl (C=O) groups excluding carboxylic acids is 1. The van der Waals surface area contributed by atoms with Crippen molar-refractivity contribution in [2.24, 2.45) is 5.92 Å². The number of ether oxygens (including phenoxy) is 2. The average Bonchev–Trinajstić information content (AvgIpc) is 2.83. The molecule has 2 aromatic heterocycles. The van der Waals surface area contributed by atoms with Gasteiger partial charge in [-0.3, -0.25) is 9.78 Å². The van der Waals surface area contributed by atoms with Crippen LogP contribution in [0, 0.1) is 11.7 Å². The highest BCUT2D eigenvalue weighted by molar-refractivity contribution is 7.92. The number of nitrogens with zero attached hydrogens (tertiary/aromatic N) is 4. The third-order valence-electron chi connectivity index (χ3n) is 5.83. The quantitative estimate of drug-likeness (QED) is 0.522. The Bertz CT molecular complexity index is 1330. The number of pyridine rings is 2. The minimum absolute atomic E-state index is 0.0270. The minimum Gasteiger partial charge on any atom is -0.481 e. The molecular formula is C23H25FN4O5S. The van der Waals surface area contributed by atoms with E-state index < -0.39 is 21.8 Å². The normalized spacial score (nSPS) is 14.8. The van der Waals surface area contributed by atoms with Gasteiger partial charge >= 0.3 is 0 Å². The predicted molar refractivity (Wildman–Crippen MR) is 126 cm³/mol. The molecule has 0 atom stereocenters. The van der Waals surface area contributed by atoms with E-state index in [1.807, 2.05) is 6.07 Å². The van der Waals surface area contributed by atoms with Crippen LogP contribution in [0.2, 0.25) is 0 Å². The zero-order valence-electron chi connectivity index (χ0n) is 19.1. The smallest absolute Gasteiger partial charge is 0.244 e. The van der Waals surface area contributed by atoms with E-state index in [1.54, 1.807) is 12.3 Å². The number of fused-ring (bicyclic) bond motifs is 1. The van der Waals surface area contributed by atoms with Crippen LogP contribution in [0.15, 0.2) is 42.6 Å². The first-order valence-corrected chi connectivity index (χ1v) is 12.5. The van der Waals surface area contributed by atoms with Gasteiger partial charge in [0, 0.05) is 42.3 Å². The number of carbonyl (C=O) groups is 1. The Hall–Kier alpha value is -3.47. The van der Waals surface area contributed by atoms with Crippen molar-refractivity contribution in [2.75, 3.05) is 42.8 Å². The Labute approximate surface area is 197 Å². The maximum Gasteiger partial charge on any atom is 0.244 e. The lowest BCUT2D eigenvalue weighted by Crippen LogP contribution is -2.45. The van der Waals surface area contributed by atoms with Crippen LogP contribution in [0.25, 0.3) is 10.9 Å². The summed E-state index contributed by atoms with van der Waals surface area (Å²) in [4.78, 5) is 23.9. The first-order chi connectivity index (χ1) is 16.2. The monoisotopic (exact) mass is 488 g/mol. The Balaban J connectivity index is 1.58. The molecule has 1 fully saturated rings. The molecule has 1 saturated heterocycles. The van der Waals surface area contributed by atoms with Gasteiger partial charge in [-0.05, 0) is 43.2 Å². The second-order valence-electron chi connectivity index (χ2n) is 8.00. The molecule has 11 heteroatoms. The maximum absolute atomic E-state index is 13.8. The molecule has 0 saturated carbocycles. The zero-order chi connectivity index (χ0) is 24.5. The van der Waals surface area contributed by atoms with Crippen molar-refractivity contribution < 1.29 is 27.1 Å². The summed E-state index contributed by atoms with van der Waals surface area (Å²) in [6.45, 7) is 1.00. The second kappa shape index (κ2) is 9.41. The lowest BCUT2D eigenvalue weighted by molar-refractivity contribution is -0.121. The number of rotatable bonds is 6. The summed E-state index contributed by atoms with van der Waals surface area (Å²) in [5.41, 5.74) is 1.55. The summed E-state index contributed by atoms with van der Waals surface area (Å²) >= 11 is 0. The summed E-state index contributed by atoms with van der Waals surface area (Å²) in [6, 6.07) is 9.18. The number of sulfonamides is 1. The number of piperidine rings is 1. The van der Waals surface area contributed by atoms with Crippen molar-refractivity contribution in [1.29, 1.82) is 0 Å². The van der Waals surface area contributed by atoms with Gasteiger partial charge < -0.3 is 14.4 Å². The fraction of sp³-hybridized carbons (Fsp3) is 0.348. The Morgan fingerprint density at radius 3 is 2.50 bits per heavy atom. The lowest BCUT2D eigenvalue weighted by atomic mass is 9.95. The molecule has 4 rings (SSSR count). The van der Waals surface area contributed by atoms with Gasteiger partial charge in [-0.15, -0.1) is 0 Å². The molecule has 0 N–H and O–H groups in total. The van der Waals surface area contributed by atoms with Gasteiger partial charge in [0.1, 0.15) is 11.5 Å². The van der Waals surface area contributed by atoms with Gasteiger partial charge in [-0.1, -0.05) is 0 Å². The number of anilines is 2. The zero-order valence-corrected chi connectivity index (χ0v) is 19.9. The fourth-order valence-corrected chi connectivity index (χ4v) is 5.18. The first-order valence-electron chi connectivity index (χ1n) is 10.7. The highest BCUT2D eigenvalue weighted by atomic mass is 32.2. The number of hydrogen-bond donors (Lipinski definition) is 0. The molecule has 1 aromatic carbocycles. The van der Waals surface area contributed by atoms with Crippen LogP contribution in [0.5, 0.6) is 11.8 Å². The van der Waals surface area contributed by atoms with Crippen LogP contribution in [0.1, 0.15) is 12.8 Å². The SMILES string of the molecule is COc1ccc(N(C(=O)C2CCN(c3ccnc4ccc(F)cc34)CC2)S(C)(=O)=O)c(OC)n1. The van der Waals surface area contributed by atoms with Gasteiger partial charge in [0.25, 0.3) is 0 Å². The second-order valence-corrected chi connectivity index (χ2v) is 9.83. The van der Waals surface area contributed by atoms with Crippen molar-refractivity contribution in [1.82, 2.24) is 9.97 Å². The Kier molecular flexibility index (Phi) is 6.56. The first kappa shape index (κ1) is 23.7. The van der Waals surface area contributed by atoms with Gasteiger partial charge in [0.15, 0.2) is 0 Å². The fourth-order valence-electron chi connectivity index (χ4n) is 4.21. The minimum atomic E-state index is -3.96. The van der Waals surface area contributed by atoms with Crippen LogP contribution < -0.4 is 18.7 Å². The van der Waals surface area contributed by atoms with Crippen molar-refractivity contribution in [3.63, 3.8) is 0 Å². The Morgan fingerprint density at radius 1 is 1.12 bits per heavy atom. The standard InChI is InChI=1S/C23H25FN4O5S/c1-32-21-7-6-20(22(26-21)33-2)28(34(3,30)31)23(29)15-9-12-27(13-10-15)19-8-11-25-18-5-4-16(24)14-17(18)19/h4-8,11,14-15H,9-10,12-13H2,1-3H3. The molecule has 3 heterocycles. The molecular weight excluding hydrogens is 463 g/mol. The van der Waals surface area contributed by atoms with Crippen molar-refractivity contribution >= 4 is 38.2 Å². The molecule has 0 unspecified atom stereocenters. The van der Waals surface area contributed by atoms with Crippen LogP contribution in [-0.4, -0.2) is 57.9 Å². The van der Waals surface area contributed by atoms with Crippen molar-refractivity contribution in [3.05, 3.63) is 48.4 Å². The molecule has 0 bridgehead atoms. The van der Waals surface area contributed by atoms with Gasteiger partial charge in [-0.25, -0.2) is 17.1 Å². The molecule has 3 aromatic rings. The van der Waals surface area contributed by atoms with Gasteiger partial charge in [0.2, 0.25) is 27.7 Å². The van der Waals surface area contributed by atoms with Crippen molar-refractivity contribution in [2.45, 2.75) is 12.8 Å². The van der Waals surface area contributed by atoms with E-state index in [0.717, 1.165) is 16.2 Å².